The first kappa shape index (κ1) is 15.1. The van der Waals surface area contributed by atoms with Crippen LogP contribution in [0.4, 0.5) is 0 Å². The van der Waals surface area contributed by atoms with Crippen LogP contribution in [0.15, 0.2) is 41.7 Å². The fraction of sp³-hybridized carbons (Fsp3) is 0.154. The molecule has 0 radical (unpaired) electrons. The number of aliphatic hydroxyl groups is 1. The number of amides is 1. The van der Waals surface area contributed by atoms with E-state index in [0.717, 1.165) is 11.1 Å². The zero-order chi connectivity index (χ0) is 14.3. The molecule has 19 heavy (non-hydrogen) atoms. The number of aliphatic hydroxyl groups excluding tert-OH is 1. The molecule has 0 aliphatic rings. The second-order valence-corrected chi connectivity index (χ2v) is 4.14. The van der Waals surface area contributed by atoms with Crippen molar-refractivity contribution in [2.75, 3.05) is 6.61 Å². The molecule has 0 aliphatic carbocycles. The Morgan fingerprint density at radius 2 is 1.95 bits per heavy atom. The standard InChI is InChI=1S/C13H16ClN3O2/c14-12(6-16)11(5-15)9-1-3-10(4-2-9)13(7-18)17-8-19/h1-6,8,13,18H,7,15-16H2,(H,17,19)/b11-5-,12-6+. The van der Waals surface area contributed by atoms with Crippen molar-refractivity contribution >= 4 is 23.6 Å². The maximum Gasteiger partial charge on any atom is 0.207 e. The Kier molecular flexibility index (Phi) is 5.92. The minimum Gasteiger partial charge on any atom is -0.404 e. The molecule has 102 valence electrons. The lowest BCUT2D eigenvalue weighted by Crippen LogP contribution is -2.22. The van der Waals surface area contributed by atoms with Gasteiger partial charge in [-0.3, -0.25) is 4.79 Å². The molecule has 5 nitrogen and oxygen atoms in total. The zero-order valence-corrected chi connectivity index (χ0v) is 11.0. The molecule has 0 aliphatic heterocycles. The minimum atomic E-state index is -0.433. The number of halogens is 1. The van der Waals surface area contributed by atoms with Crippen LogP contribution in [0.1, 0.15) is 17.2 Å². The highest BCUT2D eigenvalue weighted by atomic mass is 35.5. The molecule has 1 atom stereocenters. The Balaban J connectivity index is 3.01. The van der Waals surface area contributed by atoms with Gasteiger partial charge in [-0.15, -0.1) is 0 Å². The fourth-order valence-corrected chi connectivity index (χ4v) is 1.81. The van der Waals surface area contributed by atoms with Crippen LogP contribution in [0, 0.1) is 0 Å². The molecule has 0 saturated carbocycles. The lowest BCUT2D eigenvalue weighted by Gasteiger charge is -2.14. The largest absolute Gasteiger partial charge is 0.404 e. The van der Waals surface area contributed by atoms with E-state index in [1.807, 2.05) is 0 Å². The van der Waals surface area contributed by atoms with Crippen molar-refractivity contribution in [1.82, 2.24) is 5.32 Å². The summed E-state index contributed by atoms with van der Waals surface area (Å²) >= 11 is 5.93. The molecule has 1 aromatic rings. The summed E-state index contributed by atoms with van der Waals surface area (Å²) in [6.45, 7) is -0.179. The van der Waals surface area contributed by atoms with Crippen molar-refractivity contribution in [2.24, 2.45) is 11.5 Å². The van der Waals surface area contributed by atoms with Crippen molar-refractivity contribution in [3.05, 3.63) is 52.8 Å². The fourth-order valence-electron chi connectivity index (χ4n) is 1.63. The number of carbonyl (C=O) groups is 1. The van der Waals surface area contributed by atoms with Crippen molar-refractivity contribution in [2.45, 2.75) is 6.04 Å². The van der Waals surface area contributed by atoms with E-state index in [-0.39, 0.29) is 6.61 Å². The van der Waals surface area contributed by atoms with Gasteiger partial charge in [-0.25, -0.2) is 0 Å². The Labute approximate surface area is 116 Å². The zero-order valence-electron chi connectivity index (χ0n) is 10.2. The van der Waals surface area contributed by atoms with Crippen LogP contribution >= 0.6 is 11.6 Å². The van der Waals surface area contributed by atoms with Gasteiger partial charge in [-0.1, -0.05) is 35.9 Å². The molecule has 0 aromatic heterocycles. The predicted molar refractivity (Wildman–Crippen MR) is 75.8 cm³/mol. The van der Waals surface area contributed by atoms with E-state index in [1.54, 1.807) is 24.3 Å². The van der Waals surface area contributed by atoms with Gasteiger partial charge in [0.25, 0.3) is 0 Å². The molecule has 0 heterocycles. The number of hydrogen-bond donors (Lipinski definition) is 4. The van der Waals surface area contributed by atoms with Gasteiger partial charge in [-0.2, -0.15) is 0 Å². The van der Waals surface area contributed by atoms with Gasteiger partial charge < -0.3 is 21.9 Å². The number of allylic oxidation sites excluding steroid dienone is 2. The van der Waals surface area contributed by atoms with E-state index in [1.165, 1.54) is 12.4 Å². The maximum atomic E-state index is 10.4. The average molecular weight is 282 g/mol. The predicted octanol–water partition coefficient (Wildman–Crippen LogP) is 0.804. The first-order valence-corrected chi connectivity index (χ1v) is 5.96. The summed E-state index contributed by atoms with van der Waals surface area (Å²) in [6.07, 6.45) is 3.18. The van der Waals surface area contributed by atoms with E-state index >= 15 is 0 Å². The molecule has 6 N–H and O–H groups in total. The molecule has 0 spiro atoms. The summed E-state index contributed by atoms with van der Waals surface area (Å²) in [4.78, 5) is 10.4. The number of nitrogens with two attached hydrogens (primary N) is 2. The Morgan fingerprint density at radius 3 is 2.37 bits per heavy atom. The van der Waals surface area contributed by atoms with Crippen molar-refractivity contribution in [3.8, 4) is 0 Å². The van der Waals surface area contributed by atoms with Crippen LogP contribution in [0.25, 0.3) is 5.57 Å². The Morgan fingerprint density at radius 1 is 1.32 bits per heavy atom. The Bertz CT molecular complexity index is 483. The van der Waals surface area contributed by atoms with Gasteiger partial charge in [-0.05, 0) is 11.1 Å². The Hall–Kier alpha value is -1.98. The van der Waals surface area contributed by atoms with Crippen LogP contribution < -0.4 is 16.8 Å². The molecule has 0 saturated heterocycles. The van der Waals surface area contributed by atoms with Gasteiger partial charge >= 0.3 is 0 Å². The lowest BCUT2D eigenvalue weighted by atomic mass is 10.0. The summed E-state index contributed by atoms with van der Waals surface area (Å²) in [7, 11) is 0. The van der Waals surface area contributed by atoms with Crippen LogP contribution in [-0.2, 0) is 4.79 Å². The van der Waals surface area contributed by atoms with Crippen molar-refractivity contribution in [3.63, 3.8) is 0 Å². The normalized spacial score (nSPS) is 14.0. The highest BCUT2D eigenvalue weighted by Gasteiger charge is 2.10. The van der Waals surface area contributed by atoms with Gasteiger partial charge in [0.05, 0.1) is 17.7 Å². The molecular formula is C13H16ClN3O2. The summed E-state index contributed by atoms with van der Waals surface area (Å²) in [5.41, 5.74) is 13.0. The van der Waals surface area contributed by atoms with E-state index in [9.17, 15) is 4.79 Å². The number of carbonyl (C=O) groups excluding carboxylic acids is 1. The minimum absolute atomic E-state index is 0.179. The van der Waals surface area contributed by atoms with E-state index in [0.29, 0.717) is 17.0 Å². The van der Waals surface area contributed by atoms with E-state index in [2.05, 4.69) is 5.32 Å². The first-order chi connectivity index (χ1) is 9.17. The van der Waals surface area contributed by atoms with Crippen LogP contribution in [0.2, 0.25) is 0 Å². The number of benzene rings is 1. The van der Waals surface area contributed by atoms with Gasteiger partial charge in [0.15, 0.2) is 0 Å². The average Bonchev–Trinajstić information content (AvgIpc) is 2.46. The SMILES string of the molecule is N/C=C(\C(Cl)=C/N)c1ccc(C(CO)NC=O)cc1. The maximum absolute atomic E-state index is 10.4. The number of hydrogen-bond acceptors (Lipinski definition) is 4. The third-order valence-electron chi connectivity index (χ3n) is 2.65. The van der Waals surface area contributed by atoms with Gasteiger partial charge in [0.1, 0.15) is 0 Å². The lowest BCUT2D eigenvalue weighted by molar-refractivity contribution is -0.110. The topological polar surface area (TPSA) is 101 Å². The summed E-state index contributed by atoms with van der Waals surface area (Å²) in [5, 5.41) is 12.0. The summed E-state index contributed by atoms with van der Waals surface area (Å²) in [5.74, 6) is 0. The van der Waals surface area contributed by atoms with Gasteiger partial charge in [0.2, 0.25) is 6.41 Å². The second-order valence-electron chi connectivity index (χ2n) is 3.74. The summed E-state index contributed by atoms with van der Waals surface area (Å²) in [6, 6.07) is 6.69. The quantitative estimate of drug-likeness (QED) is 0.458. The molecule has 1 aromatic carbocycles. The molecule has 0 bridgehead atoms. The van der Waals surface area contributed by atoms with Crippen molar-refractivity contribution in [1.29, 1.82) is 0 Å². The van der Waals surface area contributed by atoms with Gasteiger partial charge in [0, 0.05) is 18.0 Å². The van der Waals surface area contributed by atoms with E-state index in [4.69, 9.17) is 28.2 Å². The highest BCUT2D eigenvalue weighted by molar-refractivity contribution is 6.36. The smallest absolute Gasteiger partial charge is 0.207 e. The van der Waals surface area contributed by atoms with E-state index < -0.39 is 6.04 Å². The molecule has 0 fully saturated rings. The van der Waals surface area contributed by atoms with Crippen LogP contribution in [-0.4, -0.2) is 18.1 Å². The molecule has 6 heteroatoms. The van der Waals surface area contributed by atoms with Crippen molar-refractivity contribution < 1.29 is 9.90 Å². The second kappa shape index (κ2) is 7.45. The summed E-state index contributed by atoms with van der Waals surface area (Å²) < 4.78 is 0. The molecule has 1 unspecified atom stereocenters. The third-order valence-corrected chi connectivity index (χ3v) is 2.98. The third kappa shape index (κ3) is 3.74. The first-order valence-electron chi connectivity index (χ1n) is 5.58. The number of rotatable bonds is 6. The molecule has 1 rings (SSSR count). The van der Waals surface area contributed by atoms with Crippen LogP contribution in [0.5, 0.6) is 0 Å². The number of nitrogens with one attached hydrogen (secondary N) is 1. The molecule has 1 amide bonds. The van der Waals surface area contributed by atoms with Crippen LogP contribution in [0.3, 0.4) is 0 Å². The molecular weight excluding hydrogens is 266 g/mol. The highest BCUT2D eigenvalue weighted by Crippen LogP contribution is 2.25. The monoisotopic (exact) mass is 281 g/mol.